The third-order valence-corrected chi connectivity index (χ3v) is 4.59. The average molecular weight is 311 g/mol. The Hall–Kier alpha value is -0.810. The molecular formula is C16H23ClN2O2. The highest BCUT2D eigenvalue weighted by molar-refractivity contribution is 6.31. The van der Waals surface area contributed by atoms with Gasteiger partial charge >= 0.3 is 0 Å². The van der Waals surface area contributed by atoms with Crippen LogP contribution in [0.4, 0.5) is 5.69 Å². The molecule has 2 aliphatic rings. The van der Waals surface area contributed by atoms with Gasteiger partial charge in [-0.05, 0) is 37.5 Å². The van der Waals surface area contributed by atoms with Gasteiger partial charge in [0, 0.05) is 35.9 Å². The van der Waals surface area contributed by atoms with Gasteiger partial charge in [0.2, 0.25) is 0 Å². The van der Waals surface area contributed by atoms with Crippen molar-refractivity contribution < 1.29 is 9.84 Å². The molecule has 0 bridgehead atoms. The fraction of sp³-hybridized carbons (Fsp3) is 0.625. The van der Waals surface area contributed by atoms with Crippen LogP contribution in [0.15, 0.2) is 18.2 Å². The predicted octanol–water partition coefficient (Wildman–Crippen LogP) is 2.18. The molecule has 1 aliphatic carbocycles. The number of rotatable bonds is 5. The molecule has 0 spiro atoms. The summed E-state index contributed by atoms with van der Waals surface area (Å²) in [7, 11) is 0. The van der Waals surface area contributed by atoms with E-state index in [9.17, 15) is 5.11 Å². The molecule has 3 rings (SSSR count). The number of hydrogen-bond donors (Lipinski definition) is 2. The highest BCUT2D eigenvalue weighted by atomic mass is 35.5. The SMILES string of the molecule is CC1COC(CO)CN1c1ccc(CNC2CC2)c(Cl)c1. The fourth-order valence-electron chi connectivity index (χ4n) is 2.69. The minimum absolute atomic E-state index is 0.0559. The van der Waals surface area contributed by atoms with Crippen molar-refractivity contribution in [2.45, 2.75) is 44.5 Å². The summed E-state index contributed by atoms with van der Waals surface area (Å²) in [6, 6.07) is 7.22. The second-order valence-corrected chi connectivity index (χ2v) is 6.48. The van der Waals surface area contributed by atoms with Crippen molar-refractivity contribution in [3.05, 3.63) is 28.8 Å². The number of halogens is 1. The van der Waals surface area contributed by atoms with Gasteiger partial charge in [-0.1, -0.05) is 17.7 Å². The summed E-state index contributed by atoms with van der Waals surface area (Å²) in [5.41, 5.74) is 2.25. The summed E-state index contributed by atoms with van der Waals surface area (Å²) in [5, 5.41) is 13.6. The van der Waals surface area contributed by atoms with Gasteiger partial charge in [-0.2, -0.15) is 0 Å². The number of anilines is 1. The molecule has 1 aliphatic heterocycles. The Kier molecular flexibility index (Phi) is 4.69. The third-order valence-electron chi connectivity index (χ3n) is 4.24. The van der Waals surface area contributed by atoms with E-state index in [1.54, 1.807) is 0 Å². The first-order chi connectivity index (χ1) is 10.2. The van der Waals surface area contributed by atoms with Crippen molar-refractivity contribution in [3.8, 4) is 0 Å². The average Bonchev–Trinajstić information content (AvgIpc) is 3.31. The van der Waals surface area contributed by atoms with Crippen LogP contribution in [-0.2, 0) is 11.3 Å². The molecule has 2 atom stereocenters. The van der Waals surface area contributed by atoms with Gasteiger partial charge in [-0.25, -0.2) is 0 Å². The Morgan fingerprint density at radius 1 is 1.43 bits per heavy atom. The molecule has 5 heteroatoms. The number of aliphatic hydroxyl groups excluding tert-OH is 1. The highest BCUT2D eigenvalue weighted by Crippen LogP contribution is 2.28. The van der Waals surface area contributed by atoms with E-state index in [-0.39, 0.29) is 12.7 Å². The van der Waals surface area contributed by atoms with Gasteiger partial charge in [0.05, 0.1) is 19.3 Å². The number of nitrogens with one attached hydrogen (secondary N) is 1. The smallest absolute Gasteiger partial charge is 0.0981 e. The first-order valence-corrected chi connectivity index (χ1v) is 8.06. The van der Waals surface area contributed by atoms with Crippen molar-refractivity contribution >= 4 is 17.3 Å². The molecule has 1 saturated heterocycles. The third kappa shape index (κ3) is 3.69. The van der Waals surface area contributed by atoms with Crippen molar-refractivity contribution in [2.24, 2.45) is 0 Å². The topological polar surface area (TPSA) is 44.7 Å². The monoisotopic (exact) mass is 310 g/mol. The maximum Gasteiger partial charge on any atom is 0.0981 e. The second-order valence-electron chi connectivity index (χ2n) is 6.07. The van der Waals surface area contributed by atoms with Crippen LogP contribution in [0.25, 0.3) is 0 Å². The first-order valence-electron chi connectivity index (χ1n) is 7.68. The number of aliphatic hydroxyl groups is 1. The van der Waals surface area contributed by atoms with E-state index in [4.69, 9.17) is 16.3 Å². The van der Waals surface area contributed by atoms with E-state index < -0.39 is 0 Å². The quantitative estimate of drug-likeness (QED) is 0.875. The van der Waals surface area contributed by atoms with Gasteiger partial charge in [-0.3, -0.25) is 0 Å². The van der Waals surface area contributed by atoms with Crippen LogP contribution in [0.3, 0.4) is 0 Å². The Morgan fingerprint density at radius 3 is 2.90 bits per heavy atom. The lowest BCUT2D eigenvalue weighted by Gasteiger charge is -2.39. The minimum atomic E-state index is -0.115. The molecule has 0 amide bonds. The maximum absolute atomic E-state index is 9.28. The number of morpholine rings is 1. The van der Waals surface area contributed by atoms with Gasteiger partial charge in [-0.15, -0.1) is 0 Å². The Morgan fingerprint density at radius 2 is 2.24 bits per heavy atom. The van der Waals surface area contributed by atoms with Gasteiger partial charge in [0.25, 0.3) is 0 Å². The molecular weight excluding hydrogens is 288 g/mol. The Balaban J connectivity index is 1.70. The predicted molar refractivity (Wildman–Crippen MR) is 84.9 cm³/mol. The van der Waals surface area contributed by atoms with E-state index >= 15 is 0 Å². The zero-order valence-electron chi connectivity index (χ0n) is 12.4. The molecule has 1 aromatic carbocycles. The molecule has 2 N–H and O–H groups in total. The lowest BCUT2D eigenvalue weighted by molar-refractivity contribution is -0.0103. The van der Waals surface area contributed by atoms with E-state index in [0.29, 0.717) is 25.2 Å². The highest BCUT2D eigenvalue weighted by Gasteiger charge is 2.26. The molecule has 0 radical (unpaired) electrons. The summed E-state index contributed by atoms with van der Waals surface area (Å²) >= 11 is 6.42. The van der Waals surface area contributed by atoms with Crippen LogP contribution in [0.5, 0.6) is 0 Å². The van der Waals surface area contributed by atoms with Crippen LogP contribution in [0, 0.1) is 0 Å². The molecule has 21 heavy (non-hydrogen) atoms. The van der Waals surface area contributed by atoms with Crippen molar-refractivity contribution in [3.63, 3.8) is 0 Å². The van der Waals surface area contributed by atoms with Gasteiger partial charge in [0.15, 0.2) is 0 Å². The maximum atomic E-state index is 9.28. The van der Waals surface area contributed by atoms with Crippen LogP contribution >= 0.6 is 11.6 Å². The number of hydrogen-bond acceptors (Lipinski definition) is 4. The molecule has 2 unspecified atom stereocenters. The number of benzene rings is 1. The van der Waals surface area contributed by atoms with Crippen LogP contribution in [0.1, 0.15) is 25.3 Å². The van der Waals surface area contributed by atoms with Gasteiger partial charge < -0.3 is 20.1 Å². The zero-order valence-corrected chi connectivity index (χ0v) is 13.1. The molecule has 4 nitrogen and oxygen atoms in total. The fourth-order valence-corrected chi connectivity index (χ4v) is 2.93. The van der Waals surface area contributed by atoms with Crippen LogP contribution < -0.4 is 10.2 Å². The van der Waals surface area contributed by atoms with E-state index in [0.717, 1.165) is 22.8 Å². The summed E-state index contributed by atoms with van der Waals surface area (Å²) in [6.45, 7) is 4.35. The molecule has 1 heterocycles. The van der Waals surface area contributed by atoms with E-state index in [1.807, 2.05) is 6.07 Å². The number of ether oxygens (including phenoxy) is 1. The zero-order chi connectivity index (χ0) is 14.8. The first kappa shape index (κ1) is 15.1. The normalized spacial score (nSPS) is 26.1. The minimum Gasteiger partial charge on any atom is -0.394 e. The molecule has 0 aromatic heterocycles. The van der Waals surface area contributed by atoms with Crippen LogP contribution in [-0.4, -0.2) is 43.1 Å². The van der Waals surface area contributed by atoms with E-state index in [2.05, 4.69) is 29.3 Å². The van der Waals surface area contributed by atoms with Crippen molar-refractivity contribution in [1.29, 1.82) is 0 Å². The van der Waals surface area contributed by atoms with Crippen molar-refractivity contribution in [2.75, 3.05) is 24.7 Å². The summed E-state index contributed by atoms with van der Waals surface area (Å²) < 4.78 is 5.58. The largest absolute Gasteiger partial charge is 0.394 e. The number of nitrogens with zero attached hydrogens (tertiary/aromatic N) is 1. The summed E-state index contributed by atoms with van der Waals surface area (Å²) in [5.74, 6) is 0. The lowest BCUT2D eigenvalue weighted by atomic mass is 10.1. The van der Waals surface area contributed by atoms with Crippen LogP contribution in [0.2, 0.25) is 5.02 Å². The summed E-state index contributed by atoms with van der Waals surface area (Å²) in [4.78, 5) is 2.26. The lowest BCUT2D eigenvalue weighted by Crippen LogP contribution is -2.49. The molecule has 2 fully saturated rings. The molecule has 1 saturated carbocycles. The standard InChI is InChI=1S/C16H23ClN2O2/c1-11-10-21-15(9-20)8-19(11)14-5-2-12(16(17)6-14)7-18-13-3-4-13/h2,5-6,11,13,15,18,20H,3-4,7-10H2,1H3. The Labute approximate surface area is 131 Å². The van der Waals surface area contributed by atoms with Crippen molar-refractivity contribution in [1.82, 2.24) is 5.32 Å². The summed E-state index contributed by atoms with van der Waals surface area (Å²) in [6.07, 6.45) is 2.45. The van der Waals surface area contributed by atoms with Gasteiger partial charge in [0.1, 0.15) is 0 Å². The second kappa shape index (κ2) is 6.53. The Bertz CT molecular complexity index is 493. The van der Waals surface area contributed by atoms with E-state index in [1.165, 1.54) is 12.8 Å². The molecule has 1 aromatic rings. The molecule has 116 valence electrons.